The Labute approximate surface area is 163 Å². The third-order valence-corrected chi connectivity index (χ3v) is 4.50. The first-order valence-electron chi connectivity index (χ1n) is 8.14. The van der Waals surface area contributed by atoms with Crippen molar-refractivity contribution in [3.63, 3.8) is 0 Å². The molecule has 2 amide bonds. The maximum absolute atomic E-state index is 12.6. The van der Waals surface area contributed by atoms with Crippen molar-refractivity contribution in [2.75, 3.05) is 0 Å². The maximum atomic E-state index is 12.6. The van der Waals surface area contributed by atoms with Crippen LogP contribution in [0.5, 0.6) is 0 Å². The second-order valence-corrected chi connectivity index (χ2v) is 6.55. The molecule has 28 heavy (non-hydrogen) atoms. The van der Waals surface area contributed by atoms with Gasteiger partial charge in [-0.3, -0.25) is 19.7 Å². The lowest BCUT2D eigenvalue weighted by Gasteiger charge is -2.10. The number of benzene rings is 1. The molecule has 3 rings (SSSR count). The Morgan fingerprint density at radius 1 is 1.18 bits per heavy atom. The highest BCUT2D eigenvalue weighted by Crippen LogP contribution is 2.16. The molecule has 0 aliphatic carbocycles. The molecule has 0 bridgehead atoms. The van der Waals surface area contributed by atoms with Crippen molar-refractivity contribution in [2.24, 2.45) is 0 Å². The van der Waals surface area contributed by atoms with Crippen LogP contribution in [0.2, 0.25) is 0 Å². The van der Waals surface area contributed by atoms with E-state index >= 15 is 0 Å². The SMILES string of the molecule is O=C(NCc1ccco1)C(=Cc1cccc([N+](=O)[O-])c1)NC(=O)c1cccs1. The van der Waals surface area contributed by atoms with E-state index in [0.29, 0.717) is 16.2 Å². The summed E-state index contributed by atoms with van der Waals surface area (Å²) in [4.78, 5) is 35.8. The minimum atomic E-state index is -0.548. The van der Waals surface area contributed by atoms with Gasteiger partial charge in [-0.2, -0.15) is 0 Å². The number of non-ortho nitro benzene ring substituents is 1. The van der Waals surface area contributed by atoms with Gasteiger partial charge in [0.2, 0.25) is 0 Å². The van der Waals surface area contributed by atoms with Crippen LogP contribution in [0.1, 0.15) is 21.0 Å². The molecule has 0 radical (unpaired) electrons. The van der Waals surface area contributed by atoms with E-state index in [1.807, 2.05) is 0 Å². The van der Waals surface area contributed by atoms with Gasteiger partial charge in [-0.15, -0.1) is 11.3 Å². The average Bonchev–Trinajstić information content (AvgIpc) is 3.39. The molecular weight excluding hydrogens is 382 g/mol. The predicted molar refractivity (Wildman–Crippen MR) is 103 cm³/mol. The molecule has 2 N–H and O–H groups in total. The summed E-state index contributed by atoms with van der Waals surface area (Å²) < 4.78 is 5.17. The first-order valence-corrected chi connectivity index (χ1v) is 9.02. The maximum Gasteiger partial charge on any atom is 0.270 e. The molecule has 0 aliphatic rings. The number of amides is 2. The van der Waals surface area contributed by atoms with Crippen LogP contribution >= 0.6 is 11.3 Å². The summed E-state index contributed by atoms with van der Waals surface area (Å²) >= 11 is 1.23. The number of nitrogens with zero attached hydrogens (tertiary/aromatic N) is 1. The molecule has 0 saturated carbocycles. The van der Waals surface area contributed by atoms with Crippen LogP contribution in [-0.4, -0.2) is 16.7 Å². The highest BCUT2D eigenvalue weighted by atomic mass is 32.1. The largest absolute Gasteiger partial charge is 0.467 e. The molecule has 0 saturated heterocycles. The third-order valence-electron chi connectivity index (χ3n) is 3.63. The third kappa shape index (κ3) is 4.92. The van der Waals surface area contributed by atoms with E-state index < -0.39 is 16.7 Å². The van der Waals surface area contributed by atoms with Gasteiger partial charge in [-0.05, 0) is 35.2 Å². The monoisotopic (exact) mass is 397 g/mol. The van der Waals surface area contributed by atoms with Crippen LogP contribution in [0.15, 0.2) is 70.3 Å². The molecular formula is C19H15N3O5S. The molecule has 2 heterocycles. The zero-order chi connectivity index (χ0) is 19.9. The molecule has 142 valence electrons. The molecule has 2 aromatic heterocycles. The number of nitrogens with one attached hydrogen (secondary N) is 2. The normalized spacial score (nSPS) is 11.1. The smallest absolute Gasteiger partial charge is 0.270 e. The van der Waals surface area contributed by atoms with Crippen LogP contribution in [0.3, 0.4) is 0 Å². The van der Waals surface area contributed by atoms with Crippen LogP contribution in [-0.2, 0) is 11.3 Å². The molecule has 0 unspecified atom stereocenters. The number of rotatable bonds is 7. The Bertz CT molecular complexity index is 1010. The number of carbonyl (C=O) groups is 2. The van der Waals surface area contributed by atoms with Gasteiger partial charge in [0, 0.05) is 12.1 Å². The molecule has 9 heteroatoms. The lowest BCUT2D eigenvalue weighted by Crippen LogP contribution is -2.34. The lowest BCUT2D eigenvalue weighted by atomic mass is 10.1. The summed E-state index contributed by atoms with van der Waals surface area (Å²) in [5.74, 6) is -0.444. The Morgan fingerprint density at radius 3 is 2.71 bits per heavy atom. The van der Waals surface area contributed by atoms with Gasteiger partial charge in [0.05, 0.1) is 22.6 Å². The Morgan fingerprint density at radius 2 is 2.04 bits per heavy atom. The van der Waals surface area contributed by atoms with Gasteiger partial charge in [0.25, 0.3) is 17.5 Å². The van der Waals surface area contributed by atoms with Crippen molar-refractivity contribution in [1.82, 2.24) is 10.6 Å². The first kappa shape index (κ1) is 19.1. The van der Waals surface area contributed by atoms with Gasteiger partial charge in [-0.25, -0.2) is 0 Å². The summed E-state index contributed by atoms with van der Waals surface area (Å²) in [6.07, 6.45) is 2.87. The molecule has 1 aromatic carbocycles. The number of nitro benzene ring substituents is 1. The minimum absolute atomic E-state index is 0.0366. The van der Waals surface area contributed by atoms with Gasteiger partial charge < -0.3 is 15.1 Å². The minimum Gasteiger partial charge on any atom is -0.467 e. The Kier molecular flexibility index (Phi) is 5.97. The van der Waals surface area contributed by atoms with Crippen molar-refractivity contribution >= 4 is 34.9 Å². The zero-order valence-corrected chi connectivity index (χ0v) is 15.3. The second kappa shape index (κ2) is 8.78. The van der Waals surface area contributed by atoms with E-state index in [9.17, 15) is 19.7 Å². The quantitative estimate of drug-likeness (QED) is 0.360. The van der Waals surface area contributed by atoms with Crippen LogP contribution in [0.4, 0.5) is 5.69 Å². The highest BCUT2D eigenvalue weighted by molar-refractivity contribution is 7.12. The Hall–Kier alpha value is -3.72. The van der Waals surface area contributed by atoms with Crippen LogP contribution in [0, 0.1) is 10.1 Å². The average molecular weight is 397 g/mol. The van der Waals surface area contributed by atoms with Crippen molar-refractivity contribution in [3.8, 4) is 0 Å². The fourth-order valence-corrected chi connectivity index (χ4v) is 2.94. The number of furan rings is 1. The summed E-state index contributed by atoms with van der Waals surface area (Å²) in [5.41, 5.74) is 0.253. The highest BCUT2D eigenvalue weighted by Gasteiger charge is 2.16. The van der Waals surface area contributed by atoms with E-state index in [2.05, 4.69) is 10.6 Å². The van der Waals surface area contributed by atoms with E-state index in [1.165, 1.54) is 41.9 Å². The molecule has 8 nitrogen and oxygen atoms in total. The summed E-state index contributed by atoms with van der Waals surface area (Å²) in [7, 11) is 0. The number of carbonyl (C=O) groups excluding carboxylic acids is 2. The standard InChI is InChI=1S/C19H15N3O5S/c23-18(20-12-15-6-2-8-27-15)16(21-19(24)17-7-3-9-28-17)11-13-4-1-5-14(10-13)22(25)26/h1-11H,12H2,(H,20,23)(H,21,24). The molecule has 0 spiro atoms. The van der Waals surface area contributed by atoms with Crippen LogP contribution < -0.4 is 10.6 Å². The molecule has 0 fully saturated rings. The number of nitro groups is 1. The van der Waals surface area contributed by atoms with E-state index in [4.69, 9.17) is 4.42 Å². The number of hydrogen-bond donors (Lipinski definition) is 2. The lowest BCUT2D eigenvalue weighted by molar-refractivity contribution is -0.384. The summed E-state index contributed by atoms with van der Waals surface area (Å²) in [5, 5.41) is 17.9. The fourth-order valence-electron chi connectivity index (χ4n) is 2.32. The zero-order valence-electron chi connectivity index (χ0n) is 14.5. The predicted octanol–water partition coefficient (Wildman–Crippen LogP) is 3.34. The number of hydrogen-bond acceptors (Lipinski definition) is 6. The van der Waals surface area contributed by atoms with Gasteiger partial charge in [0.1, 0.15) is 11.5 Å². The summed E-state index contributed by atoms with van der Waals surface area (Å²) in [6, 6.07) is 12.5. The van der Waals surface area contributed by atoms with Crippen molar-refractivity contribution < 1.29 is 18.9 Å². The van der Waals surface area contributed by atoms with Crippen molar-refractivity contribution in [1.29, 1.82) is 0 Å². The topological polar surface area (TPSA) is 114 Å². The fraction of sp³-hybridized carbons (Fsp3) is 0.0526. The Balaban J connectivity index is 1.84. The van der Waals surface area contributed by atoms with Crippen LogP contribution in [0.25, 0.3) is 6.08 Å². The second-order valence-electron chi connectivity index (χ2n) is 5.60. The van der Waals surface area contributed by atoms with Crippen molar-refractivity contribution in [2.45, 2.75) is 6.54 Å². The molecule has 0 atom stereocenters. The summed E-state index contributed by atoms with van der Waals surface area (Å²) in [6.45, 7) is 0.132. The molecule has 0 aliphatic heterocycles. The van der Waals surface area contributed by atoms with Gasteiger partial charge in [-0.1, -0.05) is 18.2 Å². The van der Waals surface area contributed by atoms with E-state index in [-0.39, 0.29) is 17.9 Å². The van der Waals surface area contributed by atoms with Gasteiger partial charge >= 0.3 is 0 Å². The molecule has 3 aromatic rings. The van der Waals surface area contributed by atoms with Gasteiger partial charge in [0.15, 0.2) is 0 Å². The number of thiophene rings is 1. The van der Waals surface area contributed by atoms with Crippen molar-refractivity contribution in [3.05, 3.63) is 92.2 Å². The first-order chi connectivity index (χ1) is 13.5. The van der Waals surface area contributed by atoms with E-state index in [1.54, 1.807) is 35.7 Å². The van der Waals surface area contributed by atoms with E-state index in [0.717, 1.165) is 0 Å².